The van der Waals surface area contributed by atoms with Crippen LogP contribution in [0.1, 0.15) is 29.3 Å². The van der Waals surface area contributed by atoms with Crippen molar-refractivity contribution in [1.82, 2.24) is 10.1 Å². The maximum atomic E-state index is 14.0. The van der Waals surface area contributed by atoms with Gasteiger partial charge >= 0.3 is 5.76 Å². The van der Waals surface area contributed by atoms with Crippen LogP contribution in [0.5, 0.6) is 5.75 Å². The number of ketones is 1. The number of aromatic nitrogens is 2. The number of methoxy groups -OCH3 is 1. The van der Waals surface area contributed by atoms with E-state index < -0.39 is 17.5 Å². The first-order chi connectivity index (χ1) is 13.4. The molecule has 3 rings (SSSR count). The van der Waals surface area contributed by atoms with Gasteiger partial charge in [-0.25, -0.2) is 9.18 Å². The summed E-state index contributed by atoms with van der Waals surface area (Å²) in [6.07, 6.45) is 0.433. The van der Waals surface area contributed by atoms with Gasteiger partial charge in [0.15, 0.2) is 5.82 Å². The minimum Gasteiger partial charge on any atom is -0.497 e. The molecule has 0 fully saturated rings. The summed E-state index contributed by atoms with van der Waals surface area (Å²) in [4.78, 5) is 26.4. The van der Waals surface area contributed by atoms with Crippen LogP contribution in [-0.2, 0) is 17.6 Å². The van der Waals surface area contributed by atoms with Crippen LogP contribution in [0.2, 0.25) is 5.02 Å². The number of nitrogens with zero attached hydrogens (tertiary/aromatic N) is 1. The van der Waals surface area contributed by atoms with Crippen molar-refractivity contribution in [1.29, 1.82) is 0 Å². The lowest BCUT2D eigenvalue weighted by molar-refractivity contribution is -0.118. The number of nitrogens with one attached hydrogen (secondary N) is 1. The number of ether oxygens (including phenoxy) is 1. The molecule has 6 nitrogen and oxygen atoms in total. The van der Waals surface area contributed by atoms with E-state index >= 15 is 0 Å². The summed E-state index contributed by atoms with van der Waals surface area (Å²) >= 11 is 5.75. The standard InChI is InChI=1S/C20H18ClFN2O4/c1-27-17-6-2-12(3-7-17)8-14(19-23-20(26)28-24-19)10-16(25)9-13-4-5-15(21)11-18(13)22/h2-7,11,14H,8-10H2,1H3,(H,23,24,26). The van der Waals surface area contributed by atoms with Gasteiger partial charge in [-0.15, -0.1) is 0 Å². The largest absolute Gasteiger partial charge is 0.497 e. The number of carbonyl (C=O) groups excluding carboxylic acids is 1. The Balaban J connectivity index is 1.76. The molecule has 0 saturated carbocycles. The summed E-state index contributed by atoms with van der Waals surface area (Å²) in [6.45, 7) is 0. The van der Waals surface area contributed by atoms with Crippen LogP contribution in [0.25, 0.3) is 0 Å². The summed E-state index contributed by atoms with van der Waals surface area (Å²) in [5, 5.41) is 3.99. The van der Waals surface area contributed by atoms with Crippen molar-refractivity contribution >= 4 is 17.4 Å². The molecule has 28 heavy (non-hydrogen) atoms. The molecule has 0 amide bonds. The van der Waals surface area contributed by atoms with Crippen LogP contribution >= 0.6 is 11.6 Å². The third kappa shape index (κ3) is 5.07. The molecule has 0 spiro atoms. The van der Waals surface area contributed by atoms with Crippen molar-refractivity contribution in [2.75, 3.05) is 7.11 Å². The van der Waals surface area contributed by atoms with Crippen molar-refractivity contribution in [2.45, 2.75) is 25.2 Å². The van der Waals surface area contributed by atoms with E-state index in [0.29, 0.717) is 12.2 Å². The first-order valence-corrected chi connectivity index (χ1v) is 8.97. The van der Waals surface area contributed by atoms with Crippen molar-refractivity contribution in [3.05, 3.63) is 80.8 Å². The number of Topliss-reactive ketones (excluding diaryl/α,β-unsaturated/α-hetero) is 1. The van der Waals surface area contributed by atoms with Crippen LogP contribution in [0.4, 0.5) is 4.39 Å². The fraction of sp³-hybridized carbons (Fsp3) is 0.250. The van der Waals surface area contributed by atoms with Crippen LogP contribution in [0.15, 0.2) is 51.8 Å². The fourth-order valence-electron chi connectivity index (χ4n) is 2.95. The van der Waals surface area contributed by atoms with Gasteiger partial charge in [-0.1, -0.05) is 35.0 Å². The van der Waals surface area contributed by atoms with Gasteiger partial charge in [0.05, 0.1) is 7.11 Å². The molecule has 0 aliphatic rings. The molecule has 2 aromatic carbocycles. The third-order valence-electron chi connectivity index (χ3n) is 4.36. The number of aromatic amines is 1. The number of hydrogen-bond donors (Lipinski definition) is 1. The summed E-state index contributed by atoms with van der Waals surface area (Å²) in [5.74, 6) is -0.824. The van der Waals surface area contributed by atoms with Crippen LogP contribution < -0.4 is 10.5 Å². The number of H-pyrrole nitrogens is 1. The Morgan fingerprint density at radius 1 is 1.29 bits per heavy atom. The van der Waals surface area contributed by atoms with E-state index in [1.165, 1.54) is 18.2 Å². The summed E-state index contributed by atoms with van der Waals surface area (Å²) in [5.41, 5.74) is 1.20. The van der Waals surface area contributed by atoms with Gasteiger partial charge in [-0.2, -0.15) is 0 Å². The number of halogens is 2. The molecule has 3 aromatic rings. The summed E-state index contributed by atoms with van der Waals surface area (Å²) in [6, 6.07) is 11.6. The lowest BCUT2D eigenvalue weighted by Gasteiger charge is -2.14. The second-order valence-corrected chi connectivity index (χ2v) is 6.82. The molecule has 0 aliphatic heterocycles. The molecule has 1 unspecified atom stereocenters. The Kier molecular flexibility index (Phi) is 6.26. The maximum absolute atomic E-state index is 14.0. The highest BCUT2D eigenvalue weighted by Gasteiger charge is 2.22. The van der Waals surface area contributed by atoms with Crippen molar-refractivity contribution < 1.29 is 18.4 Å². The normalized spacial score (nSPS) is 12.0. The average Bonchev–Trinajstić information content (AvgIpc) is 3.10. The van der Waals surface area contributed by atoms with E-state index in [9.17, 15) is 14.0 Å². The highest BCUT2D eigenvalue weighted by molar-refractivity contribution is 6.30. The zero-order valence-corrected chi connectivity index (χ0v) is 15.8. The highest BCUT2D eigenvalue weighted by Crippen LogP contribution is 2.24. The average molecular weight is 405 g/mol. The molecular weight excluding hydrogens is 387 g/mol. The quantitative estimate of drug-likeness (QED) is 0.618. The lowest BCUT2D eigenvalue weighted by atomic mass is 9.91. The van der Waals surface area contributed by atoms with Crippen molar-refractivity contribution in [2.24, 2.45) is 0 Å². The number of rotatable bonds is 8. The van der Waals surface area contributed by atoms with Crippen molar-refractivity contribution in [3.8, 4) is 5.75 Å². The third-order valence-corrected chi connectivity index (χ3v) is 4.60. The van der Waals surface area contributed by atoms with Gasteiger partial charge in [0.2, 0.25) is 0 Å². The van der Waals surface area contributed by atoms with Crippen LogP contribution in [-0.4, -0.2) is 23.0 Å². The van der Waals surface area contributed by atoms with E-state index in [2.05, 4.69) is 14.7 Å². The molecule has 8 heteroatoms. The first-order valence-electron chi connectivity index (χ1n) is 8.59. The highest BCUT2D eigenvalue weighted by atomic mass is 35.5. The van der Waals surface area contributed by atoms with Gasteiger partial charge in [-0.3, -0.25) is 14.3 Å². The SMILES string of the molecule is COc1ccc(CC(CC(=O)Cc2ccc(Cl)cc2F)c2noc(=O)[nH]2)cc1. The molecule has 1 atom stereocenters. The van der Waals surface area contributed by atoms with Gasteiger partial charge in [-0.05, 0) is 41.8 Å². The van der Waals surface area contributed by atoms with Gasteiger partial charge in [0.25, 0.3) is 0 Å². The Bertz CT molecular complexity index is 1010. The van der Waals surface area contributed by atoms with Crippen molar-refractivity contribution in [3.63, 3.8) is 0 Å². The minimum absolute atomic E-state index is 0.0660. The monoisotopic (exact) mass is 404 g/mol. The maximum Gasteiger partial charge on any atom is 0.438 e. The van der Waals surface area contributed by atoms with Gasteiger partial charge in [0.1, 0.15) is 17.3 Å². The second kappa shape index (κ2) is 8.84. The number of carbonyl (C=O) groups is 1. The predicted octanol–water partition coefficient (Wildman–Crippen LogP) is 3.69. The Morgan fingerprint density at radius 3 is 2.64 bits per heavy atom. The number of benzene rings is 2. The summed E-state index contributed by atoms with van der Waals surface area (Å²) < 4.78 is 23.7. The Morgan fingerprint density at radius 2 is 2.04 bits per heavy atom. The van der Waals surface area contributed by atoms with E-state index in [-0.39, 0.29) is 35.0 Å². The molecule has 0 radical (unpaired) electrons. The topological polar surface area (TPSA) is 85.2 Å². The minimum atomic E-state index is -0.689. The molecule has 0 aliphatic carbocycles. The van der Waals surface area contributed by atoms with E-state index in [1.54, 1.807) is 7.11 Å². The molecule has 0 bridgehead atoms. The molecule has 146 valence electrons. The molecule has 1 N–H and O–H groups in total. The smallest absolute Gasteiger partial charge is 0.438 e. The zero-order valence-electron chi connectivity index (χ0n) is 15.1. The zero-order chi connectivity index (χ0) is 20.1. The first kappa shape index (κ1) is 19.8. The molecule has 1 heterocycles. The predicted molar refractivity (Wildman–Crippen MR) is 101 cm³/mol. The fourth-order valence-corrected chi connectivity index (χ4v) is 3.11. The molecular formula is C20H18ClFN2O4. The Hall–Kier alpha value is -2.93. The Labute approximate surface area is 165 Å². The van der Waals surface area contributed by atoms with Gasteiger partial charge in [0, 0.05) is 23.8 Å². The number of hydrogen-bond acceptors (Lipinski definition) is 5. The van der Waals surface area contributed by atoms with Gasteiger partial charge < -0.3 is 4.74 Å². The molecule has 0 saturated heterocycles. The van der Waals surface area contributed by atoms with E-state index in [0.717, 1.165) is 5.56 Å². The van der Waals surface area contributed by atoms with E-state index in [4.69, 9.17) is 16.3 Å². The second-order valence-electron chi connectivity index (χ2n) is 6.38. The van der Waals surface area contributed by atoms with E-state index in [1.807, 2.05) is 24.3 Å². The van der Waals surface area contributed by atoms with Crippen LogP contribution in [0, 0.1) is 5.82 Å². The lowest BCUT2D eigenvalue weighted by Crippen LogP contribution is -2.14. The molecule has 1 aromatic heterocycles. The summed E-state index contributed by atoms with van der Waals surface area (Å²) in [7, 11) is 1.58. The van der Waals surface area contributed by atoms with Crippen LogP contribution in [0.3, 0.4) is 0 Å².